The normalized spacial score (nSPS) is 19.0. The predicted molar refractivity (Wildman–Crippen MR) is 79.2 cm³/mol. The van der Waals surface area contributed by atoms with Gasteiger partial charge in [0.1, 0.15) is 5.78 Å². The molecule has 5 heteroatoms. The molecule has 19 heavy (non-hydrogen) atoms. The molecular weight excluding hydrogens is 262 g/mol. The van der Waals surface area contributed by atoms with Crippen LogP contribution in [-0.2, 0) is 9.53 Å². The molecule has 0 radical (unpaired) electrons. The summed E-state index contributed by atoms with van der Waals surface area (Å²) in [6.45, 7) is 4.29. The van der Waals surface area contributed by atoms with Gasteiger partial charge in [0.25, 0.3) is 0 Å². The van der Waals surface area contributed by atoms with E-state index in [0.717, 1.165) is 38.8 Å². The number of hydrogen-bond acceptors (Lipinski definition) is 5. The molecule has 0 atom stereocenters. The lowest BCUT2D eigenvalue weighted by molar-refractivity contribution is -0.117. The van der Waals surface area contributed by atoms with Gasteiger partial charge in [-0.25, -0.2) is 0 Å². The maximum absolute atomic E-state index is 10.8. The lowest BCUT2D eigenvalue weighted by Gasteiger charge is -2.37. The van der Waals surface area contributed by atoms with E-state index in [4.69, 9.17) is 4.74 Å². The number of carbonyl (C=O) groups excluding carboxylic acids is 1. The number of Topliss-reactive ketones (excluding diaryl/α,β-unsaturated/α-hetero) is 1. The molecule has 0 aromatic carbocycles. The van der Waals surface area contributed by atoms with Gasteiger partial charge in [-0.05, 0) is 38.0 Å². The first-order valence-electron chi connectivity index (χ1n) is 6.90. The Labute approximate surface area is 121 Å². The molecule has 1 heterocycles. The highest BCUT2D eigenvalue weighted by Gasteiger charge is 2.31. The Balaban J connectivity index is 2.10. The Morgan fingerprint density at radius 1 is 1.42 bits per heavy atom. The van der Waals surface area contributed by atoms with Crippen molar-refractivity contribution in [2.45, 2.75) is 44.6 Å². The summed E-state index contributed by atoms with van der Waals surface area (Å²) in [5, 5.41) is 12.1. The average Bonchev–Trinajstić information content (AvgIpc) is 2.37. The molecule has 0 bridgehead atoms. The molecule has 1 saturated heterocycles. The van der Waals surface area contributed by atoms with E-state index < -0.39 is 5.60 Å². The number of piperidine rings is 1. The van der Waals surface area contributed by atoms with Crippen molar-refractivity contribution in [3.8, 4) is 0 Å². The number of carbonyl (C=O) groups is 1. The van der Waals surface area contributed by atoms with Crippen LogP contribution >= 0.6 is 12.6 Å². The van der Waals surface area contributed by atoms with Crippen LogP contribution in [0.5, 0.6) is 0 Å². The van der Waals surface area contributed by atoms with Gasteiger partial charge in [-0.1, -0.05) is 0 Å². The van der Waals surface area contributed by atoms with E-state index >= 15 is 0 Å². The van der Waals surface area contributed by atoms with E-state index in [0.29, 0.717) is 19.6 Å². The van der Waals surface area contributed by atoms with Crippen LogP contribution in [0, 0.1) is 0 Å². The van der Waals surface area contributed by atoms with Crippen LogP contribution < -0.4 is 0 Å². The maximum Gasteiger partial charge on any atom is 0.129 e. The standard InChI is InChI=1S/C14H25NO3S/c1-13(16)4-2-3-10-18-12-14(17)5-7-15(8-6-14)9-11-19/h9,11,17,19H,2-8,10,12H2,1H3/b11-9+. The van der Waals surface area contributed by atoms with E-state index in [2.05, 4.69) is 17.5 Å². The van der Waals surface area contributed by atoms with Crippen molar-refractivity contribution in [3.63, 3.8) is 0 Å². The number of aliphatic hydroxyl groups is 1. The monoisotopic (exact) mass is 287 g/mol. The number of ether oxygens (including phenoxy) is 1. The van der Waals surface area contributed by atoms with Crippen molar-refractivity contribution in [3.05, 3.63) is 11.6 Å². The lowest BCUT2D eigenvalue weighted by Crippen LogP contribution is -2.45. The second-order valence-corrected chi connectivity index (χ2v) is 5.57. The van der Waals surface area contributed by atoms with Gasteiger partial charge in [-0.2, -0.15) is 0 Å². The third kappa shape index (κ3) is 6.99. The smallest absolute Gasteiger partial charge is 0.129 e. The summed E-state index contributed by atoms with van der Waals surface area (Å²) in [5.41, 5.74) is -0.693. The number of unbranched alkanes of at least 4 members (excludes halogenated alkanes) is 1. The molecule has 0 aliphatic carbocycles. The van der Waals surface area contributed by atoms with E-state index in [1.165, 1.54) is 0 Å². The van der Waals surface area contributed by atoms with Gasteiger partial charge in [0.2, 0.25) is 0 Å². The van der Waals surface area contributed by atoms with Crippen LogP contribution in [0.3, 0.4) is 0 Å². The van der Waals surface area contributed by atoms with Crippen molar-refractivity contribution in [1.82, 2.24) is 4.90 Å². The summed E-state index contributed by atoms with van der Waals surface area (Å²) in [5.74, 6) is 0.225. The molecule has 0 amide bonds. The highest BCUT2D eigenvalue weighted by atomic mass is 32.1. The SMILES string of the molecule is CC(=O)CCCCOCC1(O)CCN(/C=C/S)CC1. The van der Waals surface area contributed by atoms with E-state index in [1.807, 2.05) is 6.20 Å². The van der Waals surface area contributed by atoms with Gasteiger partial charge in [0, 0.05) is 32.3 Å². The Bertz CT molecular complexity index is 299. The van der Waals surface area contributed by atoms with Gasteiger partial charge in [-0.3, -0.25) is 0 Å². The summed E-state index contributed by atoms with van der Waals surface area (Å²) in [7, 11) is 0. The molecule has 0 aromatic heterocycles. The minimum absolute atomic E-state index is 0.225. The number of rotatable bonds is 8. The molecule has 1 fully saturated rings. The summed E-state index contributed by atoms with van der Waals surface area (Å²) < 4.78 is 5.54. The van der Waals surface area contributed by atoms with E-state index in [9.17, 15) is 9.90 Å². The number of ketones is 1. The van der Waals surface area contributed by atoms with Gasteiger partial charge in [0.05, 0.1) is 12.2 Å². The van der Waals surface area contributed by atoms with Gasteiger partial charge in [0.15, 0.2) is 0 Å². The second kappa shape index (κ2) is 8.61. The summed E-state index contributed by atoms with van der Waals surface area (Å²) in [6.07, 6.45) is 5.75. The molecule has 1 aliphatic rings. The van der Waals surface area contributed by atoms with Crippen LogP contribution in [-0.4, -0.2) is 47.7 Å². The first-order chi connectivity index (χ1) is 9.06. The molecule has 0 spiro atoms. The van der Waals surface area contributed by atoms with Crippen LogP contribution in [0.4, 0.5) is 0 Å². The molecule has 0 saturated carbocycles. The highest BCUT2D eigenvalue weighted by molar-refractivity contribution is 7.83. The summed E-state index contributed by atoms with van der Waals surface area (Å²) >= 11 is 4.04. The first-order valence-corrected chi connectivity index (χ1v) is 7.42. The maximum atomic E-state index is 10.8. The van der Waals surface area contributed by atoms with Crippen molar-refractivity contribution in [2.75, 3.05) is 26.3 Å². The third-order valence-electron chi connectivity index (χ3n) is 3.44. The molecule has 4 nitrogen and oxygen atoms in total. The highest BCUT2D eigenvalue weighted by Crippen LogP contribution is 2.22. The van der Waals surface area contributed by atoms with E-state index in [-0.39, 0.29) is 5.78 Å². The quantitative estimate of drug-likeness (QED) is 0.529. The predicted octanol–water partition coefficient (Wildman–Crippen LogP) is 1.99. The fourth-order valence-electron chi connectivity index (χ4n) is 2.17. The number of hydrogen-bond donors (Lipinski definition) is 2. The van der Waals surface area contributed by atoms with Crippen molar-refractivity contribution in [1.29, 1.82) is 0 Å². The van der Waals surface area contributed by atoms with Crippen LogP contribution in [0.2, 0.25) is 0 Å². The summed E-state index contributed by atoms with van der Waals surface area (Å²) in [6, 6.07) is 0. The van der Waals surface area contributed by atoms with Crippen molar-refractivity contribution in [2.24, 2.45) is 0 Å². The van der Waals surface area contributed by atoms with Gasteiger partial charge in [-0.15, -0.1) is 12.6 Å². The second-order valence-electron chi connectivity index (χ2n) is 5.27. The van der Waals surface area contributed by atoms with Crippen molar-refractivity contribution < 1.29 is 14.6 Å². The minimum atomic E-state index is -0.693. The Morgan fingerprint density at radius 3 is 2.68 bits per heavy atom. The van der Waals surface area contributed by atoms with E-state index in [1.54, 1.807) is 12.3 Å². The fraction of sp³-hybridized carbons (Fsp3) is 0.786. The lowest BCUT2D eigenvalue weighted by atomic mass is 9.92. The van der Waals surface area contributed by atoms with Crippen LogP contribution in [0.25, 0.3) is 0 Å². The topological polar surface area (TPSA) is 49.8 Å². The first kappa shape index (κ1) is 16.5. The molecular formula is C14H25NO3S. The minimum Gasteiger partial charge on any atom is -0.387 e. The fourth-order valence-corrected chi connectivity index (χ4v) is 2.36. The van der Waals surface area contributed by atoms with Crippen molar-refractivity contribution >= 4 is 18.4 Å². The largest absolute Gasteiger partial charge is 0.387 e. The van der Waals surface area contributed by atoms with Crippen LogP contribution in [0.15, 0.2) is 11.6 Å². The Kier molecular flexibility index (Phi) is 7.49. The zero-order chi connectivity index (χ0) is 14.1. The summed E-state index contributed by atoms with van der Waals surface area (Å²) in [4.78, 5) is 12.9. The van der Waals surface area contributed by atoms with Crippen LogP contribution in [0.1, 0.15) is 39.0 Å². The zero-order valence-corrected chi connectivity index (χ0v) is 12.6. The van der Waals surface area contributed by atoms with Gasteiger partial charge < -0.3 is 19.5 Å². The molecule has 110 valence electrons. The third-order valence-corrected chi connectivity index (χ3v) is 3.58. The van der Waals surface area contributed by atoms with Gasteiger partial charge >= 0.3 is 0 Å². The molecule has 1 rings (SSSR count). The molecule has 1 aliphatic heterocycles. The Morgan fingerprint density at radius 2 is 2.11 bits per heavy atom. The average molecular weight is 287 g/mol. The number of likely N-dealkylation sites (tertiary alicyclic amines) is 1. The molecule has 1 N–H and O–H groups in total. The number of thiol groups is 1. The Hall–Kier alpha value is -0.520. The number of nitrogens with zero attached hydrogens (tertiary/aromatic N) is 1. The zero-order valence-electron chi connectivity index (χ0n) is 11.7. The molecule has 0 aromatic rings. The molecule has 0 unspecified atom stereocenters.